The standard InChI is InChI=1S/C7H14N2O/c1-7(5-8)4-2-3-6(10)9-7/h2-5,8H2,1H3,(H,9,10). The van der Waals surface area contributed by atoms with Crippen LogP contribution in [0, 0.1) is 0 Å². The lowest BCUT2D eigenvalue weighted by molar-refractivity contribution is -0.124. The molecule has 0 aromatic heterocycles. The van der Waals surface area contributed by atoms with E-state index < -0.39 is 0 Å². The van der Waals surface area contributed by atoms with Crippen LogP contribution in [0.2, 0.25) is 0 Å². The fourth-order valence-electron chi connectivity index (χ4n) is 1.25. The van der Waals surface area contributed by atoms with Crippen LogP contribution in [0.3, 0.4) is 0 Å². The minimum atomic E-state index is -0.130. The molecule has 1 aliphatic rings. The molecule has 0 spiro atoms. The van der Waals surface area contributed by atoms with Crippen molar-refractivity contribution in [2.75, 3.05) is 6.54 Å². The van der Waals surface area contributed by atoms with Crippen molar-refractivity contribution in [2.45, 2.75) is 31.7 Å². The summed E-state index contributed by atoms with van der Waals surface area (Å²) >= 11 is 0. The average molecular weight is 142 g/mol. The van der Waals surface area contributed by atoms with Gasteiger partial charge in [-0.15, -0.1) is 0 Å². The number of rotatable bonds is 1. The van der Waals surface area contributed by atoms with Gasteiger partial charge in [-0.25, -0.2) is 0 Å². The Bertz CT molecular complexity index is 147. The first kappa shape index (κ1) is 7.54. The number of nitrogens with one attached hydrogen (secondary N) is 1. The van der Waals surface area contributed by atoms with Gasteiger partial charge in [-0.3, -0.25) is 4.79 Å². The summed E-state index contributed by atoms with van der Waals surface area (Å²) in [5.74, 6) is 0.138. The van der Waals surface area contributed by atoms with E-state index in [1.807, 2.05) is 6.92 Å². The summed E-state index contributed by atoms with van der Waals surface area (Å²) < 4.78 is 0. The molecule has 1 aliphatic heterocycles. The molecule has 0 aromatic carbocycles. The van der Waals surface area contributed by atoms with Crippen molar-refractivity contribution in [2.24, 2.45) is 5.73 Å². The van der Waals surface area contributed by atoms with Gasteiger partial charge in [0, 0.05) is 18.5 Å². The lowest BCUT2D eigenvalue weighted by atomic mass is 9.91. The summed E-state index contributed by atoms with van der Waals surface area (Å²) in [4.78, 5) is 10.9. The first-order chi connectivity index (χ1) is 4.66. The maximum atomic E-state index is 10.9. The van der Waals surface area contributed by atoms with E-state index in [-0.39, 0.29) is 11.4 Å². The van der Waals surface area contributed by atoms with Crippen LogP contribution in [0.1, 0.15) is 26.2 Å². The number of carbonyl (C=O) groups is 1. The Balaban J connectivity index is 2.53. The fourth-order valence-corrected chi connectivity index (χ4v) is 1.25. The molecular weight excluding hydrogens is 128 g/mol. The van der Waals surface area contributed by atoms with Crippen LogP contribution in [0.25, 0.3) is 0 Å². The maximum absolute atomic E-state index is 10.9. The number of piperidine rings is 1. The molecule has 3 heteroatoms. The van der Waals surface area contributed by atoms with Crippen molar-refractivity contribution in [1.82, 2.24) is 5.32 Å². The van der Waals surface area contributed by atoms with Crippen LogP contribution in [-0.2, 0) is 4.79 Å². The van der Waals surface area contributed by atoms with Gasteiger partial charge >= 0.3 is 0 Å². The van der Waals surface area contributed by atoms with E-state index in [4.69, 9.17) is 5.73 Å². The summed E-state index contributed by atoms with van der Waals surface area (Å²) in [6, 6.07) is 0. The normalized spacial score (nSPS) is 33.6. The van der Waals surface area contributed by atoms with Crippen LogP contribution < -0.4 is 11.1 Å². The molecule has 0 saturated carbocycles. The lowest BCUT2D eigenvalue weighted by Crippen LogP contribution is -2.53. The topological polar surface area (TPSA) is 55.1 Å². The molecule has 1 unspecified atom stereocenters. The number of hydrogen-bond donors (Lipinski definition) is 2. The Hall–Kier alpha value is -0.570. The minimum Gasteiger partial charge on any atom is -0.350 e. The van der Waals surface area contributed by atoms with E-state index in [9.17, 15) is 4.79 Å². The van der Waals surface area contributed by atoms with Crippen molar-refractivity contribution >= 4 is 5.91 Å². The summed E-state index contributed by atoms with van der Waals surface area (Å²) in [6.07, 6.45) is 2.64. The number of carbonyl (C=O) groups excluding carboxylic acids is 1. The molecule has 0 aromatic rings. The van der Waals surface area contributed by atoms with Gasteiger partial charge in [0.05, 0.1) is 0 Å². The quantitative estimate of drug-likeness (QED) is 0.541. The number of hydrogen-bond acceptors (Lipinski definition) is 2. The molecule has 1 atom stereocenters. The van der Waals surface area contributed by atoms with Gasteiger partial charge in [0.15, 0.2) is 0 Å². The van der Waals surface area contributed by atoms with Gasteiger partial charge in [-0.05, 0) is 19.8 Å². The largest absolute Gasteiger partial charge is 0.350 e. The van der Waals surface area contributed by atoms with E-state index >= 15 is 0 Å². The molecule has 1 fully saturated rings. The molecule has 1 heterocycles. The van der Waals surface area contributed by atoms with Crippen LogP contribution in [0.5, 0.6) is 0 Å². The zero-order valence-corrected chi connectivity index (χ0v) is 6.31. The second-order valence-corrected chi connectivity index (χ2v) is 3.17. The fraction of sp³-hybridized carbons (Fsp3) is 0.857. The van der Waals surface area contributed by atoms with E-state index in [0.717, 1.165) is 12.8 Å². The molecule has 0 radical (unpaired) electrons. The summed E-state index contributed by atoms with van der Waals surface area (Å²) in [6.45, 7) is 2.53. The Morgan fingerprint density at radius 2 is 2.50 bits per heavy atom. The monoisotopic (exact) mass is 142 g/mol. The highest BCUT2D eigenvalue weighted by Crippen LogP contribution is 2.17. The first-order valence-electron chi connectivity index (χ1n) is 3.67. The lowest BCUT2D eigenvalue weighted by Gasteiger charge is -2.33. The molecule has 3 N–H and O–H groups in total. The van der Waals surface area contributed by atoms with E-state index in [2.05, 4.69) is 5.32 Å². The number of amides is 1. The Kier molecular flexibility index (Phi) is 1.94. The molecule has 1 amide bonds. The van der Waals surface area contributed by atoms with Crippen molar-refractivity contribution in [3.63, 3.8) is 0 Å². The van der Waals surface area contributed by atoms with E-state index in [0.29, 0.717) is 13.0 Å². The summed E-state index contributed by atoms with van der Waals surface area (Å²) in [5, 5.41) is 2.88. The van der Waals surface area contributed by atoms with Crippen molar-refractivity contribution in [1.29, 1.82) is 0 Å². The van der Waals surface area contributed by atoms with E-state index in [1.54, 1.807) is 0 Å². The Morgan fingerprint density at radius 1 is 1.80 bits per heavy atom. The van der Waals surface area contributed by atoms with Crippen LogP contribution in [0.4, 0.5) is 0 Å². The van der Waals surface area contributed by atoms with Crippen molar-refractivity contribution in [3.8, 4) is 0 Å². The third-order valence-corrected chi connectivity index (χ3v) is 2.02. The molecule has 0 aliphatic carbocycles. The highest BCUT2D eigenvalue weighted by atomic mass is 16.1. The second-order valence-electron chi connectivity index (χ2n) is 3.17. The second kappa shape index (κ2) is 2.58. The van der Waals surface area contributed by atoms with E-state index in [1.165, 1.54) is 0 Å². The maximum Gasteiger partial charge on any atom is 0.220 e. The molecule has 3 nitrogen and oxygen atoms in total. The first-order valence-corrected chi connectivity index (χ1v) is 3.67. The molecule has 1 rings (SSSR count). The van der Waals surface area contributed by atoms with Gasteiger partial charge in [0.25, 0.3) is 0 Å². The third-order valence-electron chi connectivity index (χ3n) is 2.02. The van der Waals surface area contributed by atoms with Crippen LogP contribution in [0.15, 0.2) is 0 Å². The van der Waals surface area contributed by atoms with Gasteiger partial charge in [-0.1, -0.05) is 0 Å². The highest BCUT2D eigenvalue weighted by molar-refractivity contribution is 5.77. The van der Waals surface area contributed by atoms with Gasteiger partial charge in [0.2, 0.25) is 5.91 Å². The molecular formula is C7H14N2O. The summed E-state index contributed by atoms with van der Waals surface area (Å²) in [7, 11) is 0. The predicted octanol–water partition coefficient (Wildman–Crippen LogP) is 0.00390. The molecule has 58 valence electrons. The molecule has 1 saturated heterocycles. The highest BCUT2D eigenvalue weighted by Gasteiger charge is 2.27. The smallest absolute Gasteiger partial charge is 0.220 e. The van der Waals surface area contributed by atoms with Crippen molar-refractivity contribution in [3.05, 3.63) is 0 Å². The summed E-state index contributed by atoms with van der Waals surface area (Å²) in [5.41, 5.74) is 5.36. The molecule has 10 heavy (non-hydrogen) atoms. The molecule has 0 bridgehead atoms. The van der Waals surface area contributed by atoms with Crippen molar-refractivity contribution < 1.29 is 4.79 Å². The van der Waals surface area contributed by atoms with Gasteiger partial charge in [0.1, 0.15) is 0 Å². The third kappa shape index (κ3) is 1.48. The van der Waals surface area contributed by atoms with Gasteiger partial charge < -0.3 is 11.1 Å². The number of nitrogens with two attached hydrogens (primary N) is 1. The Morgan fingerprint density at radius 3 is 2.90 bits per heavy atom. The predicted molar refractivity (Wildman–Crippen MR) is 39.5 cm³/mol. The van der Waals surface area contributed by atoms with Crippen LogP contribution in [-0.4, -0.2) is 18.0 Å². The SMILES string of the molecule is CC1(CN)CCCC(=O)N1. The zero-order valence-electron chi connectivity index (χ0n) is 6.31. The average Bonchev–Trinajstić information content (AvgIpc) is 1.88. The van der Waals surface area contributed by atoms with Gasteiger partial charge in [-0.2, -0.15) is 0 Å². The minimum absolute atomic E-state index is 0.130. The Labute approximate surface area is 61.0 Å². The van der Waals surface area contributed by atoms with Crippen LogP contribution >= 0.6 is 0 Å². The zero-order chi connectivity index (χ0) is 7.61.